The summed E-state index contributed by atoms with van der Waals surface area (Å²) in [6.45, 7) is 0. The molecule has 1 unspecified atom stereocenters. The number of aromatic nitrogens is 3. The topological polar surface area (TPSA) is 97.8 Å². The highest BCUT2D eigenvalue weighted by atomic mass is 16.4. The molecule has 20 heavy (non-hydrogen) atoms. The van der Waals surface area contributed by atoms with Gasteiger partial charge in [0.25, 0.3) is 5.89 Å². The summed E-state index contributed by atoms with van der Waals surface area (Å²) >= 11 is 0. The van der Waals surface area contributed by atoms with Gasteiger partial charge in [-0.3, -0.25) is 4.79 Å². The van der Waals surface area contributed by atoms with Crippen LogP contribution in [-0.2, 0) is 0 Å². The van der Waals surface area contributed by atoms with Gasteiger partial charge in [-0.05, 0) is 5.56 Å². The fraction of sp³-hybridized carbons (Fsp3) is 0.0714. The molecule has 0 aliphatic rings. The lowest BCUT2D eigenvalue weighted by Gasteiger charge is -2.06. The lowest BCUT2D eigenvalue weighted by molar-refractivity contribution is 0.484. The lowest BCUT2D eigenvalue weighted by atomic mass is 10.1. The third kappa shape index (κ3) is 2.24. The molecule has 100 valence electrons. The maximum Gasteiger partial charge on any atom is 0.253 e. The van der Waals surface area contributed by atoms with Crippen LogP contribution in [0.25, 0.3) is 11.5 Å². The second-order valence-electron chi connectivity index (χ2n) is 4.26. The van der Waals surface area contributed by atoms with Crippen LogP contribution in [0.5, 0.6) is 0 Å². The Morgan fingerprint density at radius 2 is 1.95 bits per heavy atom. The largest absolute Gasteiger partial charge is 0.418 e. The molecule has 0 bridgehead atoms. The van der Waals surface area contributed by atoms with Crippen molar-refractivity contribution < 1.29 is 4.42 Å². The van der Waals surface area contributed by atoms with Crippen LogP contribution in [0.1, 0.15) is 17.5 Å². The predicted molar refractivity (Wildman–Crippen MR) is 72.8 cm³/mol. The average molecular weight is 268 g/mol. The van der Waals surface area contributed by atoms with E-state index in [0.717, 1.165) is 5.56 Å². The smallest absolute Gasteiger partial charge is 0.253 e. The Labute approximate surface area is 114 Å². The highest BCUT2D eigenvalue weighted by Gasteiger charge is 2.18. The molecule has 6 nitrogen and oxygen atoms in total. The van der Waals surface area contributed by atoms with Gasteiger partial charge in [0.15, 0.2) is 5.43 Å². The summed E-state index contributed by atoms with van der Waals surface area (Å²) in [6.07, 6.45) is 3.06. The van der Waals surface area contributed by atoms with E-state index in [-0.39, 0.29) is 17.2 Å². The number of H-pyrrole nitrogens is 1. The third-order valence-corrected chi connectivity index (χ3v) is 2.92. The number of nitrogens with two attached hydrogens (primary N) is 1. The molecule has 0 radical (unpaired) electrons. The summed E-state index contributed by atoms with van der Waals surface area (Å²) in [4.78, 5) is 14.5. The summed E-state index contributed by atoms with van der Waals surface area (Å²) in [5.41, 5.74) is 7.07. The molecule has 0 amide bonds. The number of rotatable bonds is 3. The second-order valence-corrected chi connectivity index (χ2v) is 4.26. The van der Waals surface area contributed by atoms with Crippen molar-refractivity contribution in [3.63, 3.8) is 0 Å². The van der Waals surface area contributed by atoms with Gasteiger partial charge in [-0.15, -0.1) is 10.2 Å². The molecule has 0 aliphatic carbocycles. The van der Waals surface area contributed by atoms with Crippen LogP contribution in [0.15, 0.2) is 58.0 Å². The predicted octanol–water partition coefficient (Wildman–Crippen LogP) is 1.47. The molecule has 0 aliphatic heterocycles. The van der Waals surface area contributed by atoms with E-state index in [9.17, 15) is 4.79 Å². The minimum absolute atomic E-state index is 0.160. The van der Waals surface area contributed by atoms with E-state index >= 15 is 0 Å². The minimum Gasteiger partial charge on any atom is -0.418 e. The number of hydrogen-bond donors (Lipinski definition) is 2. The van der Waals surface area contributed by atoms with Gasteiger partial charge in [0.2, 0.25) is 5.89 Å². The molecule has 3 rings (SSSR count). The van der Waals surface area contributed by atoms with Gasteiger partial charge in [0.05, 0.1) is 0 Å². The summed E-state index contributed by atoms with van der Waals surface area (Å²) in [6, 6.07) is 10.3. The first-order chi connectivity index (χ1) is 9.75. The maximum absolute atomic E-state index is 11.7. The zero-order chi connectivity index (χ0) is 13.9. The molecule has 0 saturated heterocycles. The van der Waals surface area contributed by atoms with Crippen LogP contribution < -0.4 is 11.2 Å². The standard InChI is InChI=1S/C14H12N4O2/c15-12(9-4-2-1-3-5-9)14-18-17-13(20-14)10-8-16-7-6-11(10)19/h1-8,12H,15H2,(H,16,19). The van der Waals surface area contributed by atoms with Crippen molar-refractivity contribution in [2.75, 3.05) is 0 Å². The van der Waals surface area contributed by atoms with E-state index in [0.29, 0.717) is 5.56 Å². The van der Waals surface area contributed by atoms with Crippen molar-refractivity contribution in [3.05, 3.63) is 70.5 Å². The van der Waals surface area contributed by atoms with Crippen molar-refractivity contribution in [1.29, 1.82) is 0 Å². The summed E-state index contributed by atoms with van der Waals surface area (Å²) in [5.74, 6) is 0.433. The average Bonchev–Trinajstić information content (AvgIpc) is 2.97. The zero-order valence-corrected chi connectivity index (χ0v) is 10.5. The Kier molecular flexibility index (Phi) is 3.14. The van der Waals surface area contributed by atoms with Gasteiger partial charge in [0, 0.05) is 18.5 Å². The van der Waals surface area contributed by atoms with Crippen molar-refractivity contribution in [1.82, 2.24) is 15.2 Å². The molecular weight excluding hydrogens is 256 g/mol. The van der Waals surface area contributed by atoms with Crippen LogP contribution in [0.3, 0.4) is 0 Å². The molecule has 1 atom stereocenters. The molecule has 0 fully saturated rings. The number of aromatic amines is 1. The molecule has 3 aromatic rings. The first-order valence-electron chi connectivity index (χ1n) is 6.07. The van der Waals surface area contributed by atoms with Gasteiger partial charge in [0.1, 0.15) is 11.6 Å². The normalized spacial score (nSPS) is 12.2. The maximum atomic E-state index is 11.7. The Bertz CT molecular complexity index is 764. The zero-order valence-electron chi connectivity index (χ0n) is 10.5. The molecule has 3 N–H and O–H groups in total. The van der Waals surface area contributed by atoms with E-state index in [4.69, 9.17) is 10.2 Å². The second kappa shape index (κ2) is 5.10. The molecule has 6 heteroatoms. The number of pyridine rings is 1. The van der Waals surface area contributed by atoms with E-state index in [1.54, 1.807) is 6.20 Å². The van der Waals surface area contributed by atoms with Crippen molar-refractivity contribution in [3.8, 4) is 11.5 Å². The number of nitrogens with one attached hydrogen (secondary N) is 1. The van der Waals surface area contributed by atoms with Crippen LogP contribution in [-0.4, -0.2) is 15.2 Å². The fourth-order valence-corrected chi connectivity index (χ4v) is 1.86. The van der Waals surface area contributed by atoms with E-state index in [2.05, 4.69) is 15.2 Å². The first-order valence-corrected chi connectivity index (χ1v) is 6.07. The van der Waals surface area contributed by atoms with Crippen LogP contribution in [0.4, 0.5) is 0 Å². The van der Waals surface area contributed by atoms with Gasteiger partial charge < -0.3 is 15.1 Å². The fourth-order valence-electron chi connectivity index (χ4n) is 1.86. The third-order valence-electron chi connectivity index (χ3n) is 2.92. The Balaban J connectivity index is 1.95. The number of nitrogens with zero attached hydrogens (tertiary/aromatic N) is 2. The molecule has 2 heterocycles. The van der Waals surface area contributed by atoms with Gasteiger partial charge in [-0.2, -0.15) is 0 Å². The Hall–Kier alpha value is -2.73. The molecule has 0 saturated carbocycles. The minimum atomic E-state index is -0.514. The van der Waals surface area contributed by atoms with E-state index < -0.39 is 6.04 Å². The van der Waals surface area contributed by atoms with Gasteiger partial charge in [-0.25, -0.2) is 0 Å². The Morgan fingerprint density at radius 3 is 2.70 bits per heavy atom. The van der Waals surface area contributed by atoms with Crippen molar-refractivity contribution in [2.45, 2.75) is 6.04 Å². The number of hydrogen-bond acceptors (Lipinski definition) is 5. The van der Waals surface area contributed by atoms with Gasteiger partial charge >= 0.3 is 0 Å². The monoisotopic (exact) mass is 268 g/mol. The number of benzene rings is 1. The highest BCUT2D eigenvalue weighted by Crippen LogP contribution is 2.21. The SMILES string of the molecule is NC(c1ccccc1)c1nnc(-c2c[nH]ccc2=O)o1. The van der Waals surface area contributed by atoms with Crippen LogP contribution >= 0.6 is 0 Å². The van der Waals surface area contributed by atoms with Crippen molar-refractivity contribution in [2.24, 2.45) is 5.73 Å². The van der Waals surface area contributed by atoms with E-state index in [1.807, 2.05) is 30.3 Å². The molecule has 0 spiro atoms. The van der Waals surface area contributed by atoms with Crippen molar-refractivity contribution >= 4 is 0 Å². The molecular formula is C14H12N4O2. The van der Waals surface area contributed by atoms with Crippen LogP contribution in [0, 0.1) is 0 Å². The highest BCUT2D eigenvalue weighted by molar-refractivity contribution is 5.50. The summed E-state index contributed by atoms with van der Waals surface area (Å²) in [5, 5.41) is 7.79. The summed E-state index contributed by atoms with van der Waals surface area (Å²) in [7, 11) is 0. The van der Waals surface area contributed by atoms with E-state index in [1.165, 1.54) is 12.3 Å². The molecule has 2 aromatic heterocycles. The van der Waals surface area contributed by atoms with Gasteiger partial charge in [-0.1, -0.05) is 30.3 Å². The lowest BCUT2D eigenvalue weighted by Crippen LogP contribution is -2.12. The molecule has 1 aromatic carbocycles. The summed E-state index contributed by atoms with van der Waals surface area (Å²) < 4.78 is 5.50. The first kappa shape index (κ1) is 12.3. The quantitative estimate of drug-likeness (QED) is 0.749. The van der Waals surface area contributed by atoms with Crippen LogP contribution in [0.2, 0.25) is 0 Å². The Morgan fingerprint density at radius 1 is 1.15 bits per heavy atom.